The molecule has 0 amide bonds. The van der Waals surface area contributed by atoms with Crippen molar-refractivity contribution in [1.29, 1.82) is 0 Å². The van der Waals surface area contributed by atoms with E-state index in [1.165, 1.54) is 0 Å². The van der Waals surface area contributed by atoms with E-state index in [1.807, 2.05) is 18.7 Å². The van der Waals surface area contributed by atoms with Crippen LogP contribution in [0.15, 0.2) is 4.52 Å². The first-order valence-electron chi connectivity index (χ1n) is 6.47. The quantitative estimate of drug-likeness (QED) is 0.805. The van der Waals surface area contributed by atoms with Crippen LogP contribution in [0, 0.1) is 12.8 Å². The molecular weight excluding hydrogens is 246 g/mol. The van der Waals surface area contributed by atoms with Crippen LogP contribution in [0.5, 0.6) is 0 Å². The molecule has 0 saturated heterocycles. The summed E-state index contributed by atoms with van der Waals surface area (Å²) in [6.45, 7) is 13.8. The number of aryl methyl sites for hydroxylation is 1. The van der Waals surface area contributed by atoms with Crippen LogP contribution in [0.1, 0.15) is 52.4 Å². The van der Waals surface area contributed by atoms with Crippen LogP contribution in [-0.4, -0.2) is 27.2 Å². The SMILES string of the molecule is Cc1noc([C@H](NCCSC(C)(C)C)C(C)C)n1. The fraction of sp³-hybridized carbons (Fsp3) is 0.846. The molecule has 0 spiro atoms. The van der Waals surface area contributed by atoms with Gasteiger partial charge in [0.05, 0.1) is 6.04 Å². The van der Waals surface area contributed by atoms with Gasteiger partial charge in [-0.15, -0.1) is 0 Å². The van der Waals surface area contributed by atoms with Crippen molar-refractivity contribution in [3.05, 3.63) is 11.7 Å². The van der Waals surface area contributed by atoms with Crippen LogP contribution in [0.25, 0.3) is 0 Å². The third-order valence-corrected chi connectivity index (χ3v) is 3.75. The summed E-state index contributed by atoms with van der Waals surface area (Å²) < 4.78 is 5.57. The predicted molar refractivity (Wildman–Crippen MR) is 76.8 cm³/mol. The smallest absolute Gasteiger partial charge is 0.244 e. The highest BCUT2D eigenvalue weighted by Gasteiger charge is 2.21. The van der Waals surface area contributed by atoms with Crippen LogP contribution in [-0.2, 0) is 0 Å². The van der Waals surface area contributed by atoms with Crippen LogP contribution in [0.4, 0.5) is 0 Å². The summed E-state index contributed by atoms with van der Waals surface area (Å²) in [5.41, 5.74) is 0. The Labute approximate surface area is 114 Å². The molecule has 1 aromatic rings. The summed E-state index contributed by atoms with van der Waals surface area (Å²) in [7, 11) is 0. The zero-order valence-electron chi connectivity index (χ0n) is 12.3. The fourth-order valence-electron chi connectivity index (χ4n) is 1.62. The number of rotatable bonds is 6. The maximum Gasteiger partial charge on any atom is 0.244 e. The van der Waals surface area contributed by atoms with E-state index in [0.717, 1.165) is 12.3 Å². The summed E-state index contributed by atoms with van der Waals surface area (Å²) in [5.74, 6) is 2.91. The first-order chi connectivity index (χ1) is 8.29. The zero-order chi connectivity index (χ0) is 13.8. The second-order valence-electron chi connectivity index (χ2n) is 5.82. The Morgan fingerprint density at radius 1 is 1.33 bits per heavy atom. The lowest BCUT2D eigenvalue weighted by atomic mass is 10.0. The van der Waals surface area contributed by atoms with Gasteiger partial charge in [-0.3, -0.25) is 0 Å². The second-order valence-corrected chi connectivity index (χ2v) is 7.74. The van der Waals surface area contributed by atoms with Crippen molar-refractivity contribution in [2.75, 3.05) is 12.3 Å². The van der Waals surface area contributed by atoms with Gasteiger partial charge in [-0.2, -0.15) is 16.7 Å². The fourth-order valence-corrected chi connectivity index (χ4v) is 2.45. The minimum Gasteiger partial charge on any atom is -0.338 e. The minimum atomic E-state index is 0.145. The van der Waals surface area contributed by atoms with Crippen molar-refractivity contribution in [2.45, 2.75) is 52.3 Å². The summed E-state index contributed by atoms with van der Waals surface area (Å²) in [6, 6.07) is 0.145. The standard InChI is InChI=1S/C13H25N3OS/c1-9(2)11(12-15-10(3)16-17-12)14-7-8-18-13(4,5)6/h9,11,14H,7-8H2,1-6H3/t11-/m1/s1. The van der Waals surface area contributed by atoms with E-state index < -0.39 is 0 Å². The first-order valence-corrected chi connectivity index (χ1v) is 7.45. The number of aromatic nitrogens is 2. The summed E-state index contributed by atoms with van der Waals surface area (Å²) in [5, 5.41) is 7.36. The Morgan fingerprint density at radius 3 is 2.44 bits per heavy atom. The normalized spacial score (nSPS) is 14.2. The Balaban J connectivity index is 2.45. The van der Waals surface area contributed by atoms with E-state index in [1.54, 1.807) is 0 Å². The first kappa shape index (κ1) is 15.5. The lowest BCUT2D eigenvalue weighted by molar-refractivity contribution is 0.291. The monoisotopic (exact) mass is 271 g/mol. The Hall–Kier alpha value is -0.550. The molecule has 104 valence electrons. The summed E-state index contributed by atoms with van der Waals surface area (Å²) in [4.78, 5) is 4.31. The van der Waals surface area contributed by atoms with Crippen molar-refractivity contribution in [1.82, 2.24) is 15.5 Å². The molecule has 1 heterocycles. The van der Waals surface area contributed by atoms with E-state index in [2.05, 4.69) is 50.1 Å². The molecule has 1 rings (SSSR count). The van der Waals surface area contributed by atoms with Gasteiger partial charge in [-0.25, -0.2) is 0 Å². The highest BCUT2D eigenvalue weighted by atomic mass is 32.2. The van der Waals surface area contributed by atoms with E-state index >= 15 is 0 Å². The molecule has 0 aliphatic heterocycles. The highest BCUT2D eigenvalue weighted by molar-refractivity contribution is 8.00. The van der Waals surface area contributed by atoms with Gasteiger partial charge in [0.1, 0.15) is 0 Å². The topological polar surface area (TPSA) is 51.0 Å². The van der Waals surface area contributed by atoms with Gasteiger partial charge in [0, 0.05) is 17.0 Å². The molecule has 5 heteroatoms. The van der Waals surface area contributed by atoms with Crippen LogP contribution in [0.2, 0.25) is 0 Å². The molecule has 0 aromatic carbocycles. The molecular formula is C13H25N3OS. The zero-order valence-corrected chi connectivity index (χ0v) is 13.1. The van der Waals surface area contributed by atoms with Crippen molar-refractivity contribution < 1.29 is 4.52 Å². The Morgan fingerprint density at radius 2 is 2.00 bits per heavy atom. The molecule has 0 fully saturated rings. The third-order valence-electron chi connectivity index (χ3n) is 2.48. The highest BCUT2D eigenvalue weighted by Crippen LogP contribution is 2.23. The molecule has 18 heavy (non-hydrogen) atoms. The van der Waals surface area contributed by atoms with Crippen LogP contribution < -0.4 is 5.32 Å². The predicted octanol–water partition coefficient (Wildman–Crippen LogP) is 3.20. The number of nitrogens with one attached hydrogen (secondary N) is 1. The summed E-state index contributed by atoms with van der Waals surface area (Å²) in [6.07, 6.45) is 0. The average molecular weight is 271 g/mol. The molecule has 1 aromatic heterocycles. The van der Waals surface area contributed by atoms with Crippen molar-refractivity contribution >= 4 is 11.8 Å². The Kier molecular flexibility index (Phi) is 5.66. The average Bonchev–Trinajstić information content (AvgIpc) is 2.62. The van der Waals surface area contributed by atoms with E-state index in [4.69, 9.17) is 4.52 Å². The second kappa shape index (κ2) is 6.57. The minimum absolute atomic E-state index is 0.145. The lowest BCUT2D eigenvalue weighted by Gasteiger charge is -2.21. The van der Waals surface area contributed by atoms with Gasteiger partial charge in [0.25, 0.3) is 0 Å². The molecule has 0 bridgehead atoms. The van der Waals surface area contributed by atoms with Crippen molar-refractivity contribution in [2.24, 2.45) is 5.92 Å². The maximum absolute atomic E-state index is 5.26. The van der Waals surface area contributed by atoms with Gasteiger partial charge in [-0.1, -0.05) is 39.8 Å². The number of nitrogens with zero attached hydrogens (tertiary/aromatic N) is 2. The molecule has 0 saturated carbocycles. The molecule has 4 nitrogen and oxygen atoms in total. The van der Waals surface area contributed by atoms with E-state index in [9.17, 15) is 0 Å². The van der Waals surface area contributed by atoms with Crippen molar-refractivity contribution in [3.63, 3.8) is 0 Å². The number of thioether (sulfide) groups is 1. The third kappa shape index (κ3) is 5.40. The Bertz CT molecular complexity index is 357. The summed E-state index contributed by atoms with van der Waals surface area (Å²) >= 11 is 1.96. The van der Waals surface area contributed by atoms with E-state index in [0.29, 0.717) is 22.4 Å². The maximum atomic E-state index is 5.26. The molecule has 1 atom stereocenters. The largest absolute Gasteiger partial charge is 0.338 e. The molecule has 0 aliphatic rings. The lowest BCUT2D eigenvalue weighted by Crippen LogP contribution is -2.29. The van der Waals surface area contributed by atoms with Crippen molar-refractivity contribution in [3.8, 4) is 0 Å². The van der Waals surface area contributed by atoms with Gasteiger partial charge in [-0.05, 0) is 12.8 Å². The molecule has 0 radical (unpaired) electrons. The molecule has 1 N–H and O–H groups in total. The number of hydrogen-bond acceptors (Lipinski definition) is 5. The molecule has 0 unspecified atom stereocenters. The van der Waals surface area contributed by atoms with Gasteiger partial charge >= 0.3 is 0 Å². The number of hydrogen-bond donors (Lipinski definition) is 1. The van der Waals surface area contributed by atoms with Gasteiger partial charge in [0.15, 0.2) is 5.82 Å². The van der Waals surface area contributed by atoms with Gasteiger partial charge < -0.3 is 9.84 Å². The van der Waals surface area contributed by atoms with Crippen LogP contribution >= 0.6 is 11.8 Å². The molecule has 0 aliphatic carbocycles. The van der Waals surface area contributed by atoms with E-state index in [-0.39, 0.29) is 6.04 Å². The van der Waals surface area contributed by atoms with Gasteiger partial charge in [0.2, 0.25) is 5.89 Å². The van der Waals surface area contributed by atoms with Crippen LogP contribution in [0.3, 0.4) is 0 Å².